The number of rotatable bonds is 6. The fourth-order valence-corrected chi connectivity index (χ4v) is 3.86. The van der Waals surface area contributed by atoms with E-state index in [1.54, 1.807) is 0 Å². The van der Waals surface area contributed by atoms with Crippen LogP contribution in [0.3, 0.4) is 0 Å². The molecule has 0 aliphatic carbocycles. The fraction of sp³-hybridized carbons (Fsp3) is 0.619. The standard InChI is InChI=1S/C21H33N5O2/c1-18(20(27)25-11-6-7-12-25)24-13-15-26(16-14-24)21(22-2)23-10-17-28-19-8-4-3-5-9-19/h3-5,8-9,18H,6-7,10-17H2,1-2H3,(H,22,23). The minimum atomic E-state index is -0.0329. The van der Waals surface area contributed by atoms with Gasteiger partial charge in [0.25, 0.3) is 0 Å². The number of benzene rings is 1. The number of aliphatic imine (C=N–C) groups is 1. The molecule has 1 atom stereocenters. The highest BCUT2D eigenvalue weighted by molar-refractivity contribution is 5.82. The highest BCUT2D eigenvalue weighted by Crippen LogP contribution is 2.14. The molecular formula is C21H33N5O2. The van der Waals surface area contributed by atoms with E-state index >= 15 is 0 Å². The summed E-state index contributed by atoms with van der Waals surface area (Å²) < 4.78 is 5.73. The van der Waals surface area contributed by atoms with Gasteiger partial charge in [-0.25, -0.2) is 0 Å². The normalized spacial score (nSPS) is 19.6. The Balaban J connectivity index is 1.39. The molecule has 1 N–H and O–H groups in total. The molecule has 2 aliphatic heterocycles. The van der Waals surface area contributed by atoms with Crippen molar-refractivity contribution in [1.29, 1.82) is 0 Å². The molecule has 0 spiro atoms. The minimum absolute atomic E-state index is 0.0329. The van der Waals surface area contributed by atoms with E-state index < -0.39 is 0 Å². The van der Waals surface area contributed by atoms with Gasteiger partial charge >= 0.3 is 0 Å². The van der Waals surface area contributed by atoms with Gasteiger partial charge in [0, 0.05) is 46.3 Å². The number of carbonyl (C=O) groups excluding carboxylic acids is 1. The molecule has 0 radical (unpaired) electrons. The molecular weight excluding hydrogens is 354 g/mol. The zero-order valence-corrected chi connectivity index (χ0v) is 17.1. The molecule has 0 aromatic heterocycles. The summed E-state index contributed by atoms with van der Waals surface area (Å²) in [6.45, 7) is 8.67. The molecule has 2 fully saturated rings. The second-order valence-corrected chi connectivity index (χ2v) is 7.37. The predicted octanol–water partition coefficient (Wildman–Crippen LogP) is 1.27. The Kier molecular flexibility index (Phi) is 7.54. The Bertz CT molecular complexity index is 637. The Morgan fingerprint density at radius 2 is 1.75 bits per heavy atom. The van der Waals surface area contributed by atoms with Gasteiger partial charge in [-0.05, 0) is 31.9 Å². The highest BCUT2D eigenvalue weighted by Gasteiger charge is 2.30. The molecule has 3 rings (SSSR count). The summed E-state index contributed by atoms with van der Waals surface area (Å²) in [5.74, 6) is 2.06. The second kappa shape index (κ2) is 10.3. The van der Waals surface area contributed by atoms with Gasteiger partial charge in [0.2, 0.25) is 5.91 Å². The van der Waals surface area contributed by atoms with Crippen molar-refractivity contribution in [3.05, 3.63) is 30.3 Å². The zero-order valence-electron chi connectivity index (χ0n) is 17.1. The van der Waals surface area contributed by atoms with E-state index in [0.29, 0.717) is 13.2 Å². The summed E-state index contributed by atoms with van der Waals surface area (Å²) in [6, 6.07) is 9.80. The van der Waals surface area contributed by atoms with E-state index in [9.17, 15) is 4.79 Å². The monoisotopic (exact) mass is 387 g/mol. The molecule has 1 aromatic carbocycles. The third-order valence-electron chi connectivity index (χ3n) is 5.55. The van der Waals surface area contributed by atoms with Gasteiger partial charge in [-0.1, -0.05) is 18.2 Å². The first kappa shape index (κ1) is 20.5. The Labute approximate surface area is 168 Å². The largest absolute Gasteiger partial charge is 0.492 e. The Hall–Kier alpha value is -2.28. The van der Waals surface area contributed by atoms with E-state index in [-0.39, 0.29) is 11.9 Å². The molecule has 28 heavy (non-hydrogen) atoms. The molecule has 2 saturated heterocycles. The van der Waals surface area contributed by atoms with Crippen molar-refractivity contribution >= 4 is 11.9 Å². The van der Waals surface area contributed by atoms with E-state index in [1.165, 1.54) is 0 Å². The molecule has 7 nitrogen and oxygen atoms in total. The summed E-state index contributed by atoms with van der Waals surface area (Å²) in [4.78, 5) is 23.6. The molecule has 0 saturated carbocycles. The van der Waals surface area contributed by atoms with E-state index in [2.05, 4.69) is 20.1 Å². The molecule has 154 valence electrons. The van der Waals surface area contributed by atoms with Crippen LogP contribution in [0.4, 0.5) is 0 Å². The lowest BCUT2D eigenvalue weighted by Crippen LogP contribution is -2.57. The predicted molar refractivity (Wildman–Crippen MR) is 112 cm³/mol. The smallest absolute Gasteiger partial charge is 0.239 e. The summed E-state index contributed by atoms with van der Waals surface area (Å²) in [7, 11) is 1.81. The van der Waals surface area contributed by atoms with Crippen LogP contribution in [0.2, 0.25) is 0 Å². The van der Waals surface area contributed by atoms with Crippen LogP contribution in [-0.2, 0) is 4.79 Å². The van der Waals surface area contributed by atoms with Crippen LogP contribution in [0.5, 0.6) is 5.75 Å². The number of likely N-dealkylation sites (tertiary alicyclic amines) is 1. The van der Waals surface area contributed by atoms with Gasteiger partial charge < -0.3 is 19.9 Å². The van der Waals surface area contributed by atoms with Crippen LogP contribution in [-0.4, -0.2) is 92.1 Å². The number of para-hydroxylation sites is 1. The van der Waals surface area contributed by atoms with Gasteiger partial charge in [0.1, 0.15) is 12.4 Å². The van der Waals surface area contributed by atoms with Crippen molar-refractivity contribution in [2.45, 2.75) is 25.8 Å². The molecule has 2 aliphatic rings. The average molecular weight is 388 g/mol. The lowest BCUT2D eigenvalue weighted by atomic mass is 10.2. The van der Waals surface area contributed by atoms with Crippen molar-refractivity contribution in [1.82, 2.24) is 20.0 Å². The summed E-state index contributed by atoms with van der Waals surface area (Å²) >= 11 is 0. The average Bonchev–Trinajstić information content (AvgIpc) is 3.29. The number of hydrogen-bond donors (Lipinski definition) is 1. The van der Waals surface area contributed by atoms with Crippen LogP contribution in [0.25, 0.3) is 0 Å². The summed E-state index contributed by atoms with van der Waals surface area (Å²) in [5.41, 5.74) is 0. The second-order valence-electron chi connectivity index (χ2n) is 7.37. The topological polar surface area (TPSA) is 60.4 Å². The third-order valence-corrected chi connectivity index (χ3v) is 5.55. The number of amides is 1. The fourth-order valence-electron chi connectivity index (χ4n) is 3.86. The first-order valence-electron chi connectivity index (χ1n) is 10.4. The van der Waals surface area contributed by atoms with Gasteiger partial charge in [-0.2, -0.15) is 0 Å². The van der Waals surface area contributed by atoms with Crippen LogP contribution in [0, 0.1) is 0 Å². The van der Waals surface area contributed by atoms with Gasteiger partial charge in [-0.15, -0.1) is 0 Å². The lowest BCUT2D eigenvalue weighted by molar-refractivity contribution is -0.135. The molecule has 7 heteroatoms. The Morgan fingerprint density at radius 3 is 2.39 bits per heavy atom. The molecule has 1 unspecified atom stereocenters. The van der Waals surface area contributed by atoms with Gasteiger partial charge in [-0.3, -0.25) is 14.7 Å². The lowest BCUT2D eigenvalue weighted by Gasteiger charge is -2.39. The van der Waals surface area contributed by atoms with Crippen molar-refractivity contribution in [3.8, 4) is 5.75 Å². The van der Waals surface area contributed by atoms with Crippen LogP contribution >= 0.6 is 0 Å². The number of hydrogen-bond acceptors (Lipinski definition) is 4. The third kappa shape index (κ3) is 5.38. The SMILES string of the molecule is CN=C(NCCOc1ccccc1)N1CCN(C(C)C(=O)N2CCCC2)CC1. The quantitative estimate of drug-likeness (QED) is 0.453. The van der Waals surface area contributed by atoms with Crippen LogP contribution in [0.1, 0.15) is 19.8 Å². The number of ether oxygens (including phenoxy) is 1. The number of piperazine rings is 1. The first-order valence-corrected chi connectivity index (χ1v) is 10.4. The highest BCUT2D eigenvalue weighted by atomic mass is 16.5. The number of nitrogens with zero attached hydrogens (tertiary/aromatic N) is 4. The minimum Gasteiger partial charge on any atom is -0.492 e. The molecule has 0 bridgehead atoms. The number of guanidine groups is 1. The maximum absolute atomic E-state index is 12.6. The Morgan fingerprint density at radius 1 is 1.07 bits per heavy atom. The number of nitrogens with one attached hydrogen (secondary N) is 1. The van der Waals surface area contributed by atoms with Crippen molar-refractivity contribution < 1.29 is 9.53 Å². The zero-order chi connectivity index (χ0) is 19.8. The number of carbonyl (C=O) groups is 1. The van der Waals surface area contributed by atoms with Gasteiger partial charge in [0.15, 0.2) is 5.96 Å². The van der Waals surface area contributed by atoms with Crippen LogP contribution < -0.4 is 10.1 Å². The maximum atomic E-state index is 12.6. The van der Waals surface area contributed by atoms with Gasteiger partial charge in [0.05, 0.1) is 12.6 Å². The summed E-state index contributed by atoms with van der Waals surface area (Å²) in [5, 5.41) is 3.38. The van der Waals surface area contributed by atoms with E-state index in [0.717, 1.165) is 63.8 Å². The molecule has 1 amide bonds. The van der Waals surface area contributed by atoms with Crippen molar-refractivity contribution in [2.24, 2.45) is 4.99 Å². The van der Waals surface area contributed by atoms with E-state index in [1.807, 2.05) is 49.2 Å². The van der Waals surface area contributed by atoms with Crippen molar-refractivity contribution in [2.75, 3.05) is 59.5 Å². The molecule has 1 aromatic rings. The molecule has 2 heterocycles. The summed E-state index contributed by atoms with van der Waals surface area (Å²) in [6.07, 6.45) is 2.28. The van der Waals surface area contributed by atoms with Crippen LogP contribution in [0.15, 0.2) is 35.3 Å². The first-order chi connectivity index (χ1) is 13.7. The maximum Gasteiger partial charge on any atom is 0.239 e. The van der Waals surface area contributed by atoms with E-state index in [4.69, 9.17) is 4.74 Å². The van der Waals surface area contributed by atoms with Crippen molar-refractivity contribution in [3.63, 3.8) is 0 Å².